The van der Waals surface area contributed by atoms with Gasteiger partial charge >= 0.3 is 0 Å². The van der Waals surface area contributed by atoms with Gasteiger partial charge in [-0.25, -0.2) is 0 Å². The molecule has 0 spiro atoms. The zero-order chi connectivity index (χ0) is 15.2. The average Bonchev–Trinajstić information content (AvgIpc) is 2.50. The van der Waals surface area contributed by atoms with E-state index >= 15 is 0 Å². The molecule has 0 heterocycles. The number of rotatable bonds is 5. The zero-order valence-electron chi connectivity index (χ0n) is 11.4. The third-order valence-electron chi connectivity index (χ3n) is 3.14. The molecule has 1 atom stereocenters. The summed E-state index contributed by atoms with van der Waals surface area (Å²) in [6, 6.07) is 14.7. The van der Waals surface area contributed by atoms with Gasteiger partial charge in [0.15, 0.2) is 0 Å². The van der Waals surface area contributed by atoms with Crippen molar-refractivity contribution in [2.24, 2.45) is 5.73 Å². The van der Waals surface area contributed by atoms with Crippen LogP contribution in [-0.2, 0) is 4.79 Å². The number of nitrogens with two attached hydrogens (primary N) is 1. The summed E-state index contributed by atoms with van der Waals surface area (Å²) >= 11 is 11.9. The van der Waals surface area contributed by atoms with Crippen molar-refractivity contribution in [3.8, 4) is 0 Å². The van der Waals surface area contributed by atoms with Crippen molar-refractivity contribution >= 4 is 34.8 Å². The highest BCUT2D eigenvalue weighted by Crippen LogP contribution is 2.29. The summed E-state index contributed by atoms with van der Waals surface area (Å²) in [5.41, 5.74) is 7.60. The second-order valence-electron chi connectivity index (χ2n) is 4.71. The topological polar surface area (TPSA) is 55.1 Å². The average molecular weight is 323 g/mol. The van der Waals surface area contributed by atoms with Gasteiger partial charge in [0.1, 0.15) is 0 Å². The van der Waals surface area contributed by atoms with Crippen LogP contribution in [0.4, 0.5) is 5.69 Å². The van der Waals surface area contributed by atoms with Crippen LogP contribution in [0.5, 0.6) is 0 Å². The third kappa shape index (κ3) is 4.46. The van der Waals surface area contributed by atoms with Crippen LogP contribution in [0.2, 0.25) is 10.0 Å². The normalized spacial score (nSPS) is 12.0. The van der Waals surface area contributed by atoms with E-state index in [4.69, 9.17) is 28.9 Å². The molecule has 110 valence electrons. The number of halogens is 2. The molecule has 0 saturated heterocycles. The smallest absolute Gasteiger partial charge is 0.224 e. The van der Waals surface area contributed by atoms with Crippen LogP contribution >= 0.6 is 23.2 Å². The maximum atomic E-state index is 11.9. The van der Waals surface area contributed by atoms with Crippen molar-refractivity contribution in [1.29, 1.82) is 0 Å². The van der Waals surface area contributed by atoms with Gasteiger partial charge in [0.25, 0.3) is 0 Å². The van der Waals surface area contributed by atoms with Crippen molar-refractivity contribution in [3.05, 3.63) is 64.1 Å². The second-order valence-corrected chi connectivity index (χ2v) is 5.49. The summed E-state index contributed by atoms with van der Waals surface area (Å²) in [5, 5.41) is 3.51. The Morgan fingerprint density at radius 2 is 1.81 bits per heavy atom. The van der Waals surface area contributed by atoms with Crippen LogP contribution in [0.1, 0.15) is 24.4 Å². The summed E-state index contributed by atoms with van der Waals surface area (Å²) in [5.74, 6) is -0.134. The molecule has 2 rings (SSSR count). The molecule has 0 radical (unpaired) electrons. The van der Waals surface area contributed by atoms with Gasteiger partial charge in [-0.05, 0) is 24.1 Å². The molecule has 1 unspecified atom stereocenters. The van der Waals surface area contributed by atoms with Crippen LogP contribution < -0.4 is 11.1 Å². The van der Waals surface area contributed by atoms with Crippen LogP contribution in [0.15, 0.2) is 48.5 Å². The standard InChI is InChI=1S/C16H16Cl2N2O/c17-12-7-4-8-14(16(12)18)20-15(21)10-9-13(19)11-5-2-1-3-6-11/h1-8,13H,9-10,19H2,(H,20,21). The minimum absolute atomic E-state index is 0.134. The molecule has 0 bridgehead atoms. The van der Waals surface area contributed by atoms with Crippen LogP contribution in [-0.4, -0.2) is 5.91 Å². The SMILES string of the molecule is NC(CCC(=O)Nc1cccc(Cl)c1Cl)c1ccccc1. The maximum Gasteiger partial charge on any atom is 0.224 e. The highest BCUT2D eigenvalue weighted by atomic mass is 35.5. The molecular formula is C16H16Cl2N2O. The molecule has 0 aliphatic heterocycles. The molecule has 2 aromatic carbocycles. The van der Waals surface area contributed by atoms with Crippen molar-refractivity contribution in [2.75, 3.05) is 5.32 Å². The Kier molecular flexibility index (Phi) is 5.62. The fourth-order valence-corrected chi connectivity index (χ4v) is 2.31. The maximum absolute atomic E-state index is 11.9. The summed E-state index contributed by atoms with van der Waals surface area (Å²) in [6.07, 6.45) is 0.882. The van der Waals surface area contributed by atoms with Crippen LogP contribution in [0.25, 0.3) is 0 Å². The Labute approximate surface area is 134 Å². The van der Waals surface area contributed by atoms with Gasteiger partial charge in [0, 0.05) is 12.5 Å². The number of carbonyl (C=O) groups is 1. The second kappa shape index (κ2) is 7.46. The quantitative estimate of drug-likeness (QED) is 0.856. The van der Waals surface area contributed by atoms with E-state index in [0.29, 0.717) is 28.6 Å². The third-order valence-corrected chi connectivity index (χ3v) is 3.95. The number of hydrogen-bond donors (Lipinski definition) is 2. The molecule has 1 amide bonds. The zero-order valence-corrected chi connectivity index (χ0v) is 12.9. The Hall–Kier alpha value is -1.55. The van der Waals surface area contributed by atoms with Gasteiger partial charge < -0.3 is 11.1 Å². The predicted octanol–water partition coefficient (Wildman–Crippen LogP) is 4.41. The largest absolute Gasteiger partial charge is 0.325 e. The fraction of sp³-hybridized carbons (Fsp3) is 0.188. The van der Waals surface area contributed by atoms with Crippen molar-refractivity contribution in [2.45, 2.75) is 18.9 Å². The summed E-state index contributed by atoms with van der Waals surface area (Å²) < 4.78 is 0. The van der Waals surface area contributed by atoms with E-state index in [1.807, 2.05) is 30.3 Å². The van der Waals surface area contributed by atoms with E-state index in [1.165, 1.54) is 0 Å². The molecule has 0 saturated carbocycles. The van der Waals surface area contributed by atoms with E-state index in [9.17, 15) is 4.79 Å². The van der Waals surface area contributed by atoms with Crippen molar-refractivity contribution in [3.63, 3.8) is 0 Å². The first-order valence-corrected chi connectivity index (χ1v) is 7.38. The molecule has 21 heavy (non-hydrogen) atoms. The number of hydrogen-bond acceptors (Lipinski definition) is 2. The van der Waals surface area contributed by atoms with Crippen LogP contribution in [0, 0.1) is 0 Å². The van der Waals surface area contributed by atoms with Gasteiger partial charge in [-0.3, -0.25) is 4.79 Å². The lowest BCUT2D eigenvalue weighted by Crippen LogP contribution is -2.16. The molecule has 3 nitrogen and oxygen atoms in total. The molecule has 3 N–H and O–H groups in total. The van der Waals surface area contributed by atoms with Crippen LogP contribution in [0.3, 0.4) is 0 Å². The highest BCUT2D eigenvalue weighted by molar-refractivity contribution is 6.43. The first kappa shape index (κ1) is 15.8. The number of anilines is 1. The first-order valence-electron chi connectivity index (χ1n) is 6.62. The van der Waals surface area contributed by atoms with E-state index < -0.39 is 0 Å². The predicted molar refractivity (Wildman–Crippen MR) is 87.7 cm³/mol. The van der Waals surface area contributed by atoms with E-state index in [1.54, 1.807) is 18.2 Å². The molecule has 0 aliphatic rings. The van der Waals surface area contributed by atoms with Gasteiger partial charge in [0.2, 0.25) is 5.91 Å². The number of nitrogens with one attached hydrogen (secondary N) is 1. The van der Waals surface area contributed by atoms with Crippen molar-refractivity contribution in [1.82, 2.24) is 0 Å². The summed E-state index contributed by atoms with van der Waals surface area (Å²) in [7, 11) is 0. The van der Waals surface area contributed by atoms with Crippen molar-refractivity contribution < 1.29 is 4.79 Å². The number of benzene rings is 2. The highest BCUT2D eigenvalue weighted by Gasteiger charge is 2.11. The monoisotopic (exact) mass is 322 g/mol. The first-order chi connectivity index (χ1) is 10.1. The lowest BCUT2D eigenvalue weighted by molar-refractivity contribution is -0.116. The molecule has 5 heteroatoms. The van der Waals surface area contributed by atoms with Gasteiger partial charge in [-0.15, -0.1) is 0 Å². The Balaban J connectivity index is 1.89. The van der Waals surface area contributed by atoms with E-state index in [-0.39, 0.29) is 11.9 Å². The van der Waals surface area contributed by atoms with E-state index in [2.05, 4.69) is 5.32 Å². The minimum atomic E-state index is -0.160. The number of amides is 1. The molecule has 2 aromatic rings. The van der Waals surface area contributed by atoms with Gasteiger partial charge in [0.05, 0.1) is 15.7 Å². The molecular weight excluding hydrogens is 307 g/mol. The van der Waals surface area contributed by atoms with Gasteiger partial charge in [-0.2, -0.15) is 0 Å². The Bertz CT molecular complexity index is 617. The van der Waals surface area contributed by atoms with E-state index in [0.717, 1.165) is 5.56 Å². The lowest BCUT2D eigenvalue weighted by atomic mass is 10.0. The van der Waals surface area contributed by atoms with Gasteiger partial charge in [-0.1, -0.05) is 59.6 Å². The molecule has 0 aliphatic carbocycles. The molecule has 0 fully saturated rings. The number of carbonyl (C=O) groups excluding carboxylic acids is 1. The summed E-state index contributed by atoms with van der Waals surface area (Å²) in [6.45, 7) is 0. The Morgan fingerprint density at radius 1 is 1.10 bits per heavy atom. The fourth-order valence-electron chi connectivity index (χ4n) is 1.97. The summed E-state index contributed by atoms with van der Waals surface area (Å²) in [4.78, 5) is 11.9. The Morgan fingerprint density at radius 3 is 2.52 bits per heavy atom. The lowest BCUT2D eigenvalue weighted by Gasteiger charge is -2.12. The minimum Gasteiger partial charge on any atom is -0.325 e. The molecule has 0 aromatic heterocycles.